The van der Waals surface area contributed by atoms with Crippen molar-refractivity contribution in [1.29, 1.82) is 0 Å². The molecule has 0 amide bonds. The molecule has 2 bridgehead atoms. The van der Waals surface area contributed by atoms with Gasteiger partial charge in [0.2, 0.25) is 0 Å². The third-order valence-corrected chi connectivity index (χ3v) is 6.00. The molecule has 0 aromatic heterocycles. The van der Waals surface area contributed by atoms with Gasteiger partial charge in [-0.05, 0) is 67.7 Å². The van der Waals surface area contributed by atoms with Crippen LogP contribution in [0, 0.1) is 0 Å². The van der Waals surface area contributed by atoms with E-state index in [1.165, 1.54) is 18.4 Å². The smallest absolute Gasteiger partial charge is 0.170 e. The summed E-state index contributed by atoms with van der Waals surface area (Å²) in [5.74, 6) is 0.849. The van der Waals surface area contributed by atoms with Gasteiger partial charge in [0.05, 0.1) is 7.11 Å². The maximum Gasteiger partial charge on any atom is 0.170 e. The van der Waals surface area contributed by atoms with E-state index in [-0.39, 0.29) is 0 Å². The van der Waals surface area contributed by atoms with Crippen molar-refractivity contribution in [2.24, 2.45) is 0 Å². The lowest BCUT2D eigenvalue weighted by Crippen LogP contribution is -2.50. The number of rotatable bonds is 5. The molecule has 2 saturated heterocycles. The van der Waals surface area contributed by atoms with Crippen LogP contribution in [0.5, 0.6) is 5.75 Å². The first-order chi connectivity index (χ1) is 13.2. The van der Waals surface area contributed by atoms with E-state index >= 15 is 0 Å². The van der Waals surface area contributed by atoms with E-state index in [1.807, 2.05) is 24.3 Å². The Balaban J connectivity index is 1.31. The topological polar surface area (TPSA) is 36.5 Å². The fourth-order valence-electron chi connectivity index (χ4n) is 4.47. The Morgan fingerprint density at radius 3 is 2.33 bits per heavy atom. The molecule has 5 heteroatoms. The highest BCUT2D eigenvalue weighted by Gasteiger charge is 2.40. The molecule has 142 valence electrons. The minimum absolute atomic E-state index is 0.452. The van der Waals surface area contributed by atoms with E-state index in [9.17, 15) is 0 Å². The van der Waals surface area contributed by atoms with Gasteiger partial charge >= 0.3 is 0 Å². The van der Waals surface area contributed by atoms with Gasteiger partial charge in [-0.2, -0.15) is 0 Å². The number of fused-ring (bicyclic) bond motifs is 2. The monoisotopic (exact) mass is 381 g/mol. The number of anilines is 1. The highest BCUT2D eigenvalue weighted by atomic mass is 32.1. The predicted octanol–water partition coefficient (Wildman–Crippen LogP) is 4.18. The van der Waals surface area contributed by atoms with Gasteiger partial charge in [-0.1, -0.05) is 30.3 Å². The Hall–Kier alpha value is -2.11. The molecule has 27 heavy (non-hydrogen) atoms. The number of hydrogen-bond donors (Lipinski definition) is 2. The van der Waals surface area contributed by atoms with Gasteiger partial charge in [0, 0.05) is 30.4 Å². The molecule has 4 nitrogen and oxygen atoms in total. The average Bonchev–Trinajstić information content (AvgIpc) is 2.91. The molecule has 2 aromatic carbocycles. The molecule has 0 aliphatic carbocycles. The number of hydrogen-bond acceptors (Lipinski definition) is 3. The number of benzene rings is 2. The summed E-state index contributed by atoms with van der Waals surface area (Å²) in [5.41, 5.74) is 2.40. The summed E-state index contributed by atoms with van der Waals surface area (Å²) >= 11 is 5.54. The first-order valence-electron chi connectivity index (χ1n) is 9.72. The lowest BCUT2D eigenvalue weighted by Gasteiger charge is -2.39. The lowest BCUT2D eigenvalue weighted by molar-refractivity contribution is 0.115. The van der Waals surface area contributed by atoms with Crippen molar-refractivity contribution in [3.8, 4) is 5.75 Å². The molecular weight excluding hydrogens is 354 g/mol. The largest absolute Gasteiger partial charge is 0.497 e. The summed E-state index contributed by atoms with van der Waals surface area (Å²) in [6.45, 7) is 1.07. The molecule has 2 aromatic rings. The van der Waals surface area contributed by atoms with Crippen molar-refractivity contribution < 1.29 is 4.74 Å². The van der Waals surface area contributed by atoms with Crippen LogP contribution in [-0.4, -0.2) is 35.2 Å². The van der Waals surface area contributed by atoms with Crippen molar-refractivity contribution in [2.75, 3.05) is 12.4 Å². The Bertz CT molecular complexity index is 751. The van der Waals surface area contributed by atoms with Crippen molar-refractivity contribution >= 4 is 23.0 Å². The standard InChI is InChI=1S/C22H27N3OS/c1-26-21-11-7-17(8-12-21)23-22(27)24-18-13-19-9-10-20(14-18)25(19)15-16-5-3-2-4-6-16/h2-8,11-12,18-20H,9-10,13-15H2,1H3,(H2,23,24,27)/t19-,20-/m1/s1. The van der Waals surface area contributed by atoms with Gasteiger partial charge < -0.3 is 15.4 Å². The second-order valence-electron chi connectivity index (χ2n) is 7.54. The SMILES string of the molecule is COc1ccc(NC(=S)NC2C[C@H]3CC[C@H](C2)N3Cc2ccccc2)cc1. The summed E-state index contributed by atoms with van der Waals surface area (Å²) in [5, 5.41) is 7.55. The third-order valence-electron chi connectivity index (χ3n) is 5.78. The van der Waals surface area contributed by atoms with E-state index < -0.39 is 0 Å². The number of thiocarbonyl (C=S) groups is 1. The van der Waals surface area contributed by atoms with E-state index in [4.69, 9.17) is 17.0 Å². The minimum Gasteiger partial charge on any atom is -0.497 e. The first kappa shape index (κ1) is 18.3. The molecule has 0 unspecified atom stereocenters. The molecule has 0 spiro atoms. The van der Waals surface area contributed by atoms with Crippen molar-refractivity contribution in [3.63, 3.8) is 0 Å². The second kappa shape index (κ2) is 8.28. The number of methoxy groups -OCH3 is 1. The Labute approximate surface area is 166 Å². The zero-order valence-corrected chi connectivity index (χ0v) is 16.5. The molecule has 2 aliphatic rings. The molecule has 2 atom stereocenters. The maximum atomic E-state index is 5.54. The van der Waals surface area contributed by atoms with Gasteiger partial charge in [-0.25, -0.2) is 0 Å². The van der Waals surface area contributed by atoms with Gasteiger partial charge in [-0.3, -0.25) is 4.90 Å². The Morgan fingerprint density at radius 1 is 1.04 bits per heavy atom. The Kier molecular flexibility index (Phi) is 5.60. The van der Waals surface area contributed by atoms with Crippen molar-refractivity contribution in [3.05, 3.63) is 60.2 Å². The fraction of sp³-hybridized carbons (Fsp3) is 0.409. The normalized spacial score (nSPS) is 24.4. The van der Waals surface area contributed by atoms with Crippen LogP contribution >= 0.6 is 12.2 Å². The second-order valence-corrected chi connectivity index (χ2v) is 7.95. The number of piperidine rings is 1. The summed E-state index contributed by atoms with van der Waals surface area (Å²) in [6.07, 6.45) is 4.92. The summed E-state index contributed by atoms with van der Waals surface area (Å²) in [4.78, 5) is 2.70. The van der Waals surface area contributed by atoms with E-state index in [1.54, 1.807) is 7.11 Å². The molecule has 4 rings (SSSR count). The van der Waals surface area contributed by atoms with Crippen LogP contribution < -0.4 is 15.4 Å². The molecule has 2 N–H and O–H groups in total. The zero-order chi connectivity index (χ0) is 18.6. The van der Waals surface area contributed by atoms with Crippen LogP contribution in [0.3, 0.4) is 0 Å². The molecule has 2 aliphatic heterocycles. The third kappa shape index (κ3) is 4.42. The summed E-state index contributed by atoms with van der Waals surface area (Å²) in [7, 11) is 1.67. The van der Waals surface area contributed by atoms with Gasteiger partial charge in [0.1, 0.15) is 5.75 Å². The van der Waals surface area contributed by atoms with E-state index in [0.29, 0.717) is 23.2 Å². The molecular formula is C22H27N3OS. The summed E-state index contributed by atoms with van der Waals surface area (Å²) < 4.78 is 5.20. The van der Waals surface area contributed by atoms with Crippen LogP contribution in [-0.2, 0) is 6.54 Å². The highest BCUT2D eigenvalue weighted by molar-refractivity contribution is 7.80. The number of ether oxygens (including phenoxy) is 1. The van der Waals surface area contributed by atoms with Crippen LogP contribution in [0.4, 0.5) is 5.69 Å². The van der Waals surface area contributed by atoms with Gasteiger partial charge in [-0.15, -0.1) is 0 Å². The van der Waals surface area contributed by atoms with Gasteiger partial charge in [0.25, 0.3) is 0 Å². The van der Waals surface area contributed by atoms with E-state index in [0.717, 1.165) is 30.8 Å². The number of nitrogens with zero attached hydrogens (tertiary/aromatic N) is 1. The van der Waals surface area contributed by atoms with Crippen LogP contribution in [0.15, 0.2) is 54.6 Å². The summed E-state index contributed by atoms with van der Waals surface area (Å²) in [6, 6.07) is 20.4. The first-order valence-corrected chi connectivity index (χ1v) is 10.1. The molecule has 0 radical (unpaired) electrons. The minimum atomic E-state index is 0.452. The quantitative estimate of drug-likeness (QED) is 0.760. The van der Waals surface area contributed by atoms with Gasteiger partial charge in [0.15, 0.2) is 5.11 Å². The fourth-order valence-corrected chi connectivity index (χ4v) is 4.76. The number of nitrogens with one attached hydrogen (secondary N) is 2. The van der Waals surface area contributed by atoms with Crippen LogP contribution in [0.25, 0.3) is 0 Å². The van der Waals surface area contributed by atoms with Crippen molar-refractivity contribution in [1.82, 2.24) is 10.2 Å². The zero-order valence-electron chi connectivity index (χ0n) is 15.7. The van der Waals surface area contributed by atoms with E-state index in [2.05, 4.69) is 45.9 Å². The maximum absolute atomic E-state index is 5.54. The average molecular weight is 382 g/mol. The van der Waals surface area contributed by atoms with Crippen molar-refractivity contribution in [2.45, 2.75) is 50.4 Å². The van der Waals surface area contributed by atoms with Crippen LogP contribution in [0.1, 0.15) is 31.2 Å². The highest BCUT2D eigenvalue weighted by Crippen LogP contribution is 2.36. The molecule has 2 fully saturated rings. The predicted molar refractivity (Wildman–Crippen MR) is 114 cm³/mol. The van der Waals surface area contributed by atoms with Crippen LogP contribution in [0.2, 0.25) is 0 Å². The molecule has 2 heterocycles. The lowest BCUT2D eigenvalue weighted by atomic mass is 9.96. The molecule has 0 saturated carbocycles. The Morgan fingerprint density at radius 2 is 1.70 bits per heavy atom.